The van der Waals surface area contributed by atoms with E-state index in [1.807, 2.05) is 27.7 Å². The van der Waals surface area contributed by atoms with Gasteiger partial charge >= 0.3 is 0 Å². The van der Waals surface area contributed by atoms with Gasteiger partial charge in [-0.3, -0.25) is 14.3 Å². The molecular weight excluding hydrogens is 270 g/mol. The number of nitrogens with zero attached hydrogens (tertiary/aromatic N) is 4. The van der Waals surface area contributed by atoms with E-state index >= 15 is 0 Å². The number of rotatable bonds is 3. The van der Waals surface area contributed by atoms with E-state index in [-0.39, 0.29) is 17.2 Å². The van der Waals surface area contributed by atoms with Crippen LogP contribution in [-0.4, -0.2) is 43.8 Å². The highest BCUT2D eigenvalue weighted by Crippen LogP contribution is 2.26. The maximum atomic E-state index is 12.8. The highest BCUT2D eigenvalue weighted by Gasteiger charge is 2.44. The Balaban J connectivity index is 2.28. The maximum Gasteiger partial charge on any atom is 0.246 e. The first-order chi connectivity index (χ1) is 9.74. The number of hydrogen-bond donors (Lipinski definition) is 1. The molecule has 1 aliphatic rings. The number of aryl methyl sites for hydroxylation is 1. The van der Waals surface area contributed by atoms with E-state index in [1.54, 1.807) is 22.8 Å². The van der Waals surface area contributed by atoms with Crippen LogP contribution in [0.25, 0.3) is 0 Å². The zero-order valence-corrected chi connectivity index (χ0v) is 13.3. The molecule has 0 aromatic carbocycles. The fraction of sp³-hybridized carbons (Fsp3) is 0.714. The van der Waals surface area contributed by atoms with E-state index in [0.29, 0.717) is 18.7 Å². The summed E-state index contributed by atoms with van der Waals surface area (Å²) in [6.45, 7) is 8.05. The number of aromatic nitrogens is 3. The van der Waals surface area contributed by atoms with Gasteiger partial charge in [0.15, 0.2) is 0 Å². The van der Waals surface area contributed by atoms with Gasteiger partial charge in [0, 0.05) is 13.2 Å². The van der Waals surface area contributed by atoms with Crippen LogP contribution in [0.4, 0.5) is 0 Å². The van der Waals surface area contributed by atoms with Gasteiger partial charge in [0.05, 0.1) is 6.54 Å². The van der Waals surface area contributed by atoms with Crippen LogP contribution in [0.2, 0.25) is 0 Å². The van der Waals surface area contributed by atoms with Gasteiger partial charge in [-0.25, -0.2) is 0 Å². The Morgan fingerprint density at radius 1 is 1.33 bits per heavy atom. The molecule has 1 N–H and O–H groups in total. The zero-order chi connectivity index (χ0) is 15.8. The molecule has 1 aromatic rings. The fourth-order valence-corrected chi connectivity index (χ4v) is 2.58. The second-order valence-electron chi connectivity index (χ2n) is 6.58. The summed E-state index contributed by atoms with van der Waals surface area (Å²) >= 11 is 0. The van der Waals surface area contributed by atoms with Crippen LogP contribution in [0.5, 0.6) is 0 Å². The summed E-state index contributed by atoms with van der Waals surface area (Å²) < 4.78 is 1.59. The van der Waals surface area contributed by atoms with Crippen LogP contribution in [-0.2, 0) is 23.2 Å². The van der Waals surface area contributed by atoms with Crippen molar-refractivity contribution in [2.75, 3.05) is 0 Å². The summed E-state index contributed by atoms with van der Waals surface area (Å²) in [5.74, 6) is -0.152. The van der Waals surface area contributed by atoms with Crippen molar-refractivity contribution in [3.63, 3.8) is 0 Å². The van der Waals surface area contributed by atoms with Gasteiger partial charge in [0.1, 0.15) is 17.8 Å². The van der Waals surface area contributed by atoms with Crippen LogP contribution < -0.4 is 5.32 Å². The van der Waals surface area contributed by atoms with Crippen molar-refractivity contribution in [2.24, 2.45) is 12.5 Å². The molecule has 0 spiro atoms. The Morgan fingerprint density at radius 2 is 2.00 bits per heavy atom. The van der Waals surface area contributed by atoms with Crippen LogP contribution >= 0.6 is 0 Å². The third kappa shape index (κ3) is 3.06. The molecule has 0 aliphatic carbocycles. The standard InChI is InChI=1S/C14H23N5O2/c1-6-10-12(20)15-11(14(2,3)4)13(21)19(10)8-9-7-18(5)17-16-9/h7,10-11H,6,8H2,1-5H3,(H,15,20). The molecule has 1 aliphatic heterocycles. The zero-order valence-electron chi connectivity index (χ0n) is 13.3. The molecule has 1 fully saturated rings. The third-order valence-electron chi connectivity index (χ3n) is 3.73. The van der Waals surface area contributed by atoms with Gasteiger partial charge in [0.2, 0.25) is 11.8 Å². The highest BCUT2D eigenvalue weighted by molar-refractivity contribution is 5.97. The van der Waals surface area contributed by atoms with Crippen molar-refractivity contribution in [1.29, 1.82) is 0 Å². The van der Waals surface area contributed by atoms with Crippen molar-refractivity contribution in [1.82, 2.24) is 25.2 Å². The Labute approximate surface area is 124 Å². The van der Waals surface area contributed by atoms with Gasteiger partial charge in [-0.1, -0.05) is 32.9 Å². The quantitative estimate of drug-likeness (QED) is 0.878. The number of amides is 2. The van der Waals surface area contributed by atoms with Crippen molar-refractivity contribution in [3.05, 3.63) is 11.9 Å². The molecule has 116 valence electrons. The minimum absolute atomic E-state index is 0.0559. The average Bonchev–Trinajstić information content (AvgIpc) is 2.78. The summed E-state index contributed by atoms with van der Waals surface area (Å²) in [5.41, 5.74) is 0.359. The van der Waals surface area contributed by atoms with Crippen molar-refractivity contribution < 1.29 is 9.59 Å². The molecule has 0 radical (unpaired) electrons. The Bertz CT molecular complexity index is 546. The Kier molecular flexibility index (Phi) is 4.02. The van der Waals surface area contributed by atoms with Crippen LogP contribution in [0.1, 0.15) is 39.8 Å². The molecule has 0 bridgehead atoms. The SMILES string of the molecule is CCC1C(=O)NC(C(C)(C)C)C(=O)N1Cc1cn(C)nn1. The van der Waals surface area contributed by atoms with Gasteiger partial charge in [-0.05, 0) is 11.8 Å². The summed E-state index contributed by atoms with van der Waals surface area (Å²) in [5, 5.41) is 10.7. The molecule has 2 atom stereocenters. The van der Waals surface area contributed by atoms with Gasteiger partial charge < -0.3 is 10.2 Å². The van der Waals surface area contributed by atoms with Crippen molar-refractivity contribution >= 4 is 11.8 Å². The molecule has 7 nitrogen and oxygen atoms in total. The molecule has 2 unspecified atom stereocenters. The van der Waals surface area contributed by atoms with E-state index in [0.717, 1.165) is 0 Å². The summed E-state index contributed by atoms with van der Waals surface area (Å²) in [6.07, 6.45) is 2.34. The largest absolute Gasteiger partial charge is 0.342 e. The first-order valence-electron chi connectivity index (χ1n) is 7.20. The van der Waals surface area contributed by atoms with E-state index in [1.165, 1.54) is 0 Å². The fourth-order valence-electron chi connectivity index (χ4n) is 2.58. The number of piperazine rings is 1. The predicted octanol–water partition coefficient (Wildman–Crippen LogP) is 0.467. The summed E-state index contributed by atoms with van der Waals surface area (Å²) in [6, 6.07) is -0.956. The lowest BCUT2D eigenvalue weighted by Gasteiger charge is -2.42. The molecule has 21 heavy (non-hydrogen) atoms. The Morgan fingerprint density at radius 3 is 2.48 bits per heavy atom. The normalized spacial score (nSPS) is 23.4. The average molecular weight is 293 g/mol. The molecule has 2 heterocycles. The van der Waals surface area contributed by atoms with Crippen LogP contribution in [0.15, 0.2) is 6.20 Å². The van der Waals surface area contributed by atoms with Gasteiger partial charge in [-0.15, -0.1) is 5.10 Å². The van der Waals surface area contributed by atoms with E-state index in [2.05, 4.69) is 15.6 Å². The summed E-state index contributed by atoms with van der Waals surface area (Å²) in [7, 11) is 1.77. The van der Waals surface area contributed by atoms with Gasteiger partial charge in [0.25, 0.3) is 0 Å². The topological polar surface area (TPSA) is 80.1 Å². The lowest BCUT2D eigenvalue weighted by molar-refractivity contribution is -0.153. The smallest absolute Gasteiger partial charge is 0.246 e. The molecule has 0 saturated carbocycles. The number of nitrogens with one attached hydrogen (secondary N) is 1. The second kappa shape index (κ2) is 5.46. The lowest BCUT2D eigenvalue weighted by atomic mass is 9.83. The van der Waals surface area contributed by atoms with E-state index in [4.69, 9.17) is 0 Å². The molecule has 7 heteroatoms. The first-order valence-corrected chi connectivity index (χ1v) is 7.20. The van der Waals surface area contributed by atoms with E-state index < -0.39 is 12.1 Å². The van der Waals surface area contributed by atoms with Gasteiger partial charge in [-0.2, -0.15) is 0 Å². The summed E-state index contributed by atoms with van der Waals surface area (Å²) in [4.78, 5) is 26.7. The number of hydrogen-bond acceptors (Lipinski definition) is 4. The minimum atomic E-state index is -0.510. The lowest BCUT2D eigenvalue weighted by Crippen LogP contribution is -2.66. The number of carbonyl (C=O) groups is 2. The highest BCUT2D eigenvalue weighted by atomic mass is 16.2. The van der Waals surface area contributed by atoms with Crippen LogP contribution in [0, 0.1) is 5.41 Å². The number of carbonyl (C=O) groups excluding carboxylic acids is 2. The third-order valence-corrected chi connectivity index (χ3v) is 3.73. The van der Waals surface area contributed by atoms with Crippen LogP contribution in [0.3, 0.4) is 0 Å². The Hall–Kier alpha value is -1.92. The second-order valence-corrected chi connectivity index (χ2v) is 6.58. The molecule has 2 amide bonds. The monoisotopic (exact) mass is 293 g/mol. The molecule has 2 rings (SSSR count). The molecular formula is C14H23N5O2. The molecule has 1 aromatic heterocycles. The first kappa shape index (κ1) is 15.5. The maximum absolute atomic E-state index is 12.8. The molecule has 1 saturated heterocycles. The van der Waals surface area contributed by atoms with E-state index in [9.17, 15) is 9.59 Å². The predicted molar refractivity (Wildman–Crippen MR) is 77.0 cm³/mol. The van der Waals surface area contributed by atoms with Crippen molar-refractivity contribution in [2.45, 2.75) is 52.7 Å². The van der Waals surface area contributed by atoms with Crippen molar-refractivity contribution in [3.8, 4) is 0 Å². The minimum Gasteiger partial charge on any atom is -0.342 e.